The van der Waals surface area contributed by atoms with E-state index in [-0.39, 0.29) is 23.8 Å². The van der Waals surface area contributed by atoms with Crippen molar-refractivity contribution >= 4 is 15.9 Å². The summed E-state index contributed by atoms with van der Waals surface area (Å²) < 4.78 is 30.2. The fourth-order valence-corrected chi connectivity index (χ4v) is 4.03. The average molecular weight is 318 g/mol. The molecule has 1 amide bonds. The van der Waals surface area contributed by atoms with Gasteiger partial charge >= 0.3 is 0 Å². The molecule has 6 nitrogen and oxygen atoms in total. The molecule has 2 saturated heterocycles. The van der Waals surface area contributed by atoms with E-state index in [0.29, 0.717) is 32.2 Å². The molecule has 21 heavy (non-hydrogen) atoms. The Kier molecular flexibility index (Phi) is 5.27. The van der Waals surface area contributed by atoms with Crippen LogP contribution in [0.25, 0.3) is 0 Å². The second-order valence-corrected chi connectivity index (χ2v) is 8.47. The molecule has 2 atom stereocenters. The van der Waals surface area contributed by atoms with E-state index in [1.165, 1.54) is 10.6 Å². The third-order valence-corrected chi connectivity index (χ3v) is 5.81. The topological polar surface area (TPSA) is 75.7 Å². The molecule has 7 heteroatoms. The van der Waals surface area contributed by atoms with Gasteiger partial charge in [0.1, 0.15) is 0 Å². The Morgan fingerprint density at radius 3 is 2.38 bits per heavy atom. The second kappa shape index (κ2) is 6.62. The molecule has 0 aromatic rings. The van der Waals surface area contributed by atoms with Gasteiger partial charge in [0.25, 0.3) is 0 Å². The SMILES string of the molecule is CC(C)C1CN(S(C)(=O)=O)CC1NC(=O)C1CCOCC1. The molecule has 0 aromatic heterocycles. The molecule has 0 radical (unpaired) electrons. The summed E-state index contributed by atoms with van der Waals surface area (Å²) in [5.41, 5.74) is 0. The highest BCUT2D eigenvalue weighted by Crippen LogP contribution is 2.27. The molecule has 2 aliphatic heterocycles. The lowest BCUT2D eigenvalue weighted by atomic mass is 9.90. The van der Waals surface area contributed by atoms with Crippen molar-refractivity contribution in [1.82, 2.24) is 9.62 Å². The van der Waals surface area contributed by atoms with Gasteiger partial charge in [0.05, 0.1) is 6.26 Å². The summed E-state index contributed by atoms with van der Waals surface area (Å²) >= 11 is 0. The Hall–Kier alpha value is -0.660. The summed E-state index contributed by atoms with van der Waals surface area (Å²) in [6.07, 6.45) is 2.73. The minimum absolute atomic E-state index is 0.00107. The summed E-state index contributed by atoms with van der Waals surface area (Å²) in [6, 6.07) is -0.0879. The average Bonchev–Trinajstić information content (AvgIpc) is 2.84. The molecular formula is C14H26N2O4S. The monoisotopic (exact) mass is 318 g/mol. The first-order chi connectivity index (χ1) is 9.79. The second-order valence-electron chi connectivity index (χ2n) is 6.49. The maximum absolute atomic E-state index is 12.3. The van der Waals surface area contributed by atoms with Crippen molar-refractivity contribution in [3.05, 3.63) is 0 Å². The highest BCUT2D eigenvalue weighted by Gasteiger charge is 2.40. The van der Waals surface area contributed by atoms with E-state index in [0.717, 1.165) is 12.8 Å². The number of carbonyl (C=O) groups is 1. The first kappa shape index (κ1) is 16.7. The Balaban J connectivity index is 2.01. The Labute approximate surface area is 127 Å². The number of hydrogen-bond acceptors (Lipinski definition) is 4. The maximum atomic E-state index is 12.3. The molecule has 2 unspecified atom stereocenters. The van der Waals surface area contributed by atoms with Crippen molar-refractivity contribution in [2.45, 2.75) is 32.7 Å². The van der Waals surface area contributed by atoms with Gasteiger partial charge in [-0.05, 0) is 24.7 Å². The Morgan fingerprint density at radius 2 is 1.86 bits per heavy atom. The van der Waals surface area contributed by atoms with Gasteiger partial charge in [-0.3, -0.25) is 4.79 Å². The molecule has 1 N–H and O–H groups in total. The normalized spacial score (nSPS) is 29.0. The van der Waals surface area contributed by atoms with Gasteiger partial charge < -0.3 is 10.1 Å². The number of rotatable bonds is 4. The van der Waals surface area contributed by atoms with Gasteiger partial charge in [0.15, 0.2) is 0 Å². The lowest BCUT2D eigenvalue weighted by Gasteiger charge is -2.27. The number of hydrogen-bond donors (Lipinski definition) is 1. The van der Waals surface area contributed by atoms with Gasteiger partial charge in [-0.25, -0.2) is 8.42 Å². The van der Waals surface area contributed by atoms with Crippen molar-refractivity contribution in [2.24, 2.45) is 17.8 Å². The summed E-state index contributed by atoms with van der Waals surface area (Å²) in [7, 11) is -3.20. The van der Waals surface area contributed by atoms with Crippen LogP contribution in [0.4, 0.5) is 0 Å². The zero-order chi connectivity index (χ0) is 15.6. The van der Waals surface area contributed by atoms with Gasteiger partial charge in [0.2, 0.25) is 15.9 Å². The molecule has 2 heterocycles. The fraction of sp³-hybridized carbons (Fsp3) is 0.929. The van der Waals surface area contributed by atoms with Crippen LogP contribution < -0.4 is 5.32 Å². The number of nitrogens with zero attached hydrogens (tertiary/aromatic N) is 1. The van der Waals surface area contributed by atoms with Crippen LogP contribution in [0.1, 0.15) is 26.7 Å². The van der Waals surface area contributed by atoms with Gasteiger partial charge in [-0.2, -0.15) is 4.31 Å². The lowest BCUT2D eigenvalue weighted by molar-refractivity contribution is -0.128. The number of amides is 1. The van der Waals surface area contributed by atoms with E-state index in [1.54, 1.807) is 0 Å². The van der Waals surface area contributed by atoms with Crippen LogP contribution in [0.3, 0.4) is 0 Å². The largest absolute Gasteiger partial charge is 0.381 e. The fourth-order valence-electron chi connectivity index (χ4n) is 3.15. The predicted octanol–water partition coefficient (Wildman–Crippen LogP) is 0.445. The van der Waals surface area contributed by atoms with Crippen LogP contribution in [-0.2, 0) is 19.6 Å². The smallest absolute Gasteiger partial charge is 0.223 e. The molecule has 2 rings (SSSR count). The molecule has 0 spiro atoms. The van der Waals surface area contributed by atoms with Crippen LogP contribution in [0, 0.1) is 17.8 Å². The van der Waals surface area contributed by atoms with Crippen LogP contribution in [0.2, 0.25) is 0 Å². The van der Waals surface area contributed by atoms with E-state index in [1.807, 2.05) is 0 Å². The zero-order valence-electron chi connectivity index (χ0n) is 13.0. The van der Waals surface area contributed by atoms with E-state index in [2.05, 4.69) is 19.2 Å². The first-order valence-corrected chi connectivity index (χ1v) is 9.47. The molecule has 0 bridgehead atoms. The summed E-state index contributed by atoms with van der Waals surface area (Å²) in [6.45, 7) is 6.29. The van der Waals surface area contributed by atoms with E-state index in [4.69, 9.17) is 4.74 Å². The quantitative estimate of drug-likeness (QED) is 0.816. The standard InChI is InChI=1S/C14H26N2O4S/c1-10(2)12-8-16(21(3,18)19)9-13(12)15-14(17)11-4-6-20-7-5-11/h10-13H,4-9H2,1-3H3,(H,15,17). The number of ether oxygens (including phenoxy) is 1. The van der Waals surface area contributed by atoms with Crippen molar-refractivity contribution in [3.8, 4) is 0 Å². The van der Waals surface area contributed by atoms with Crippen LogP contribution in [0.5, 0.6) is 0 Å². The van der Waals surface area contributed by atoms with Crippen LogP contribution in [-0.4, -0.2) is 57.2 Å². The molecule has 122 valence electrons. The molecule has 2 aliphatic rings. The van der Waals surface area contributed by atoms with E-state index in [9.17, 15) is 13.2 Å². The van der Waals surface area contributed by atoms with Crippen LogP contribution >= 0.6 is 0 Å². The van der Waals surface area contributed by atoms with Crippen molar-refractivity contribution in [3.63, 3.8) is 0 Å². The Bertz CT molecular complexity index is 471. The minimum atomic E-state index is -3.20. The number of nitrogens with one attached hydrogen (secondary N) is 1. The van der Waals surface area contributed by atoms with Gasteiger partial charge in [-0.1, -0.05) is 13.8 Å². The first-order valence-electron chi connectivity index (χ1n) is 7.62. The predicted molar refractivity (Wildman–Crippen MR) is 80.2 cm³/mol. The molecular weight excluding hydrogens is 292 g/mol. The Morgan fingerprint density at radius 1 is 1.24 bits per heavy atom. The van der Waals surface area contributed by atoms with E-state index >= 15 is 0 Å². The third-order valence-electron chi connectivity index (χ3n) is 4.58. The third kappa shape index (κ3) is 4.17. The zero-order valence-corrected chi connectivity index (χ0v) is 13.9. The molecule has 0 saturated carbocycles. The van der Waals surface area contributed by atoms with E-state index < -0.39 is 10.0 Å². The summed E-state index contributed by atoms with van der Waals surface area (Å²) in [5, 5.41) is 3.08. The summed E-state index contributed by atoms with van der Waals surface area (Å²) in [5.74, 6) is 0.545. The summed E-state index contributed by atoms with van der Waals surface area (Å²) in [4.78, 5) is 12.3. The van der Waals surface area contributed by atoms with Crippen molar-refractivity contribution in [2.75, 3.05) is 32.6 Å². The number of sulfonamides is 1. The maximum Gasteiger partial charge on any atom is 0.223 e. The lowest BCUT2D eigenvalue weighted by Crippen LogP contribution is -2.45. The van der Waals surface area contributed by atoms with Crippen LogP contribution in [0.15, 0.2) is 0 Å². The highest BCUT2D eigenvalue weighted by atomic mass is 32.2. The number of carbonyl (C=O) groups excluding carboxylic acids is 1. The van der Waals surface area contributed by atoms with Crippen molar-refractivity contribution < 1.29 is 17.9 Å². The van der Waals surface area contributed by atoms with Crippen molar-refractivity contribution in [1.29, 1.82) is 0 Å². The van der Waals surface area contributed by atoms with Gasteiger partial charge in [-0.15, -0.1) is 0 Å². The molecule has 0 aliphatic carbocycles. The molecule has 2 fully saturated rings. The minimum Gasteiger partial charge on any atom is -0.381 e. The van der Waals surface area contributed by atoms with Gasteiger partial charge in [0, 0.05) is 38.3 Å². The molecule has 0 aromatic carbocycles. The highest BCUT2D eigenvalue weighted by molar-refractivity contribution is 7.88.